The number of hydrogen-bond donors (Lipinski definition) is 2. The Morgan fingerprint density at radius 2 is 2.00 bits per heavy atom. The number of nitrogens with two attached hydrogens (primary N) is 1. The van der Waals surface area contributed by atoms with Gasteiger partial charge in [-0.05, 0) is 12.1 Å². The third-order valence-electron chi connectivity index (χ3n) is 1.71. The van der Waals surface area contributed by atoms with E-state index in [9.17, 15) is 13.2 Å². The number of sulfonamides is 1. The molecule has 1 aromatic rings. The highest BCUT2D eigenvalue weighted by atomic mass is 32.2. The lowest BCUT2D eigenvalue weighted by molar-refractivity contribution is 0.100. The van der Waals surface area contributed by atoms with E-state index in [-0.39, 0.29) is 23.6 Å². The summed E-state index contributed by atoms with van der Waals surface area (Å²) in [4.78, 5) is 11.4. The Balaban J connectivity index is 3.13. The number of para-hydroxylation sites is 1. The molecule has 0 aliphatic carbocycles. The third-order valence-corrected chi connectivity index (χ3v) is 2.30. The zero-order chi connectivity index (χ0) is 11.5. The molecule has 0 saturated carbocycles. The maximum absolute atomic E-state index is 11.4. The number of Topliss-reactive ketones (excluding diaryl/α,β-unsaturated/α-hetero) is 1. The monoisotopic (exact) mass is 228 g/mol. The van der Waals surface area contributed by atoms with Crippen molar-refractivity contribution in [2.24, 2.45) is 5.73 Å². The van der Waals surface area contributed by atoms with Gasteiger partial charge in [-0.3, -0.25) is 9.52 Å². The van der Waals surface area contributed by atoms with Gasteiger partial charge >= 0.3 is 0 Å². The van der Waals surface area contributed by atoms with E-state index in [1.54, 1.807) is 12.1 Å². The summed E-state index contributed by atoms with van der Waals surface area (Å²) >= 11 is 0. The van der Waals surface area contributed by atoms with Crippen molar-refractivity contribution < 1.29 is 13.2 Å². The summed E-state index contributed by atoms with van der Waals surface area (Å²) in [5.74, 6) is -0.304. The molecular weight excluding hydrogens is 216 g/mol. The Bertz CT molecular complexity index is 468. The molecule has 0 amide bonds. The molecule has 0 aliphatic rings. The van der Waals surface area contributed by atoms with E-state index in [1.165, 1.54) is 12.1 Å². The van der Waals surface area contributed by atoms with Crippen LogP contribution < -0.4 is 10.5 Å². The van der Waals surface area contributed by atoms with Crippen LogP contribution in [0.3, 0.4) is 0 Å². The van der Waals surface area contributed by atoms with Crippen LogP contribution in [0.25, 0.3) is 0 Å². The standard InChI is InChI=1S/C9H12N2O3S/c1-15(13,14)11-8-5-3-2-4-7(8)9(12)6-10/h2-5,11H,6,10H2,1H3. The minimum absolute atomic E-state index is 0.150. The Labute approximate surface area is 88.3 Å². The Hall–Kier alpha value is -1.40. The average Bonchev–Trinajstić information content (AvgIpc) is 2.15. The van der Waals surface area contributed by atoms with Crippen LogP contribution in [0, 0.1) is 0 Å². The Morgan fingerprint density at radius 3 is 2.53 bits per heavy atom. The zero-order valence-electron chi connectivity index (χ0n) is 8.23. The summed E-state index contributed by atoms with van der Waals surface area (Å²) in [6.07, 6.45) is 1.02. The quantitative estimate of drug-likeness (QED) is 0.720. The van der Waals surface area contributed by atoms with Gasteiger partial charge in [-0.15, -0.1) is 0 Å². The highest BCUT2D eigenvalue weighted by Crippen LogP contribution is 2.16. The number of rotatable bonds is 4. The lowest BCUT2D eigenvalue weighted by Crippen LogP contribution is -2.18. The number of nitrogens with one attached hydrogen (secondary N) is 1. The lowest BCUT2D eigenvalue weighted by Gasteiger charge is -2.08. The van der Waals surface area contributed by atoms with Gasteiger partial charge in [0.05, 0.1) is 18.5 Å². The summed E-state index contributed by atoms with van der Waals surface area (Å²) in [5, 5.41) is 0. The number of ketones is 1. The fourth-order valence-electron chi connectivity index (χ4n) is 1.12. The van der Waals surface area contributed by atoms with Gasteiger partial charge in [0, 0.05) is 5.56 Å². The van der Waals surface area contributed by atoms with Crippen LogP contribution in [0.2, 0.25) is 0 Å². The molecule has 3 N–H and O–H groups in total. The molecule has 5 nitrogen and oxygen atoms in total. The lowest BCUT2D eigenvalue weighted by atomic mass is 10.1. The summed E-state index contributed by atoms with van der Waals surface area (Å²) in [7, 11) is -3.38. The van der Waals surface area contributed by atoms with Gasteiger partial charge in [0.1, 0.15) is 0 Å². The van der Waals surface area contributed by atoms with Crippen LogP contribution in [0.1, 0.15) is 10.4 Å². The second-order valence-corrected chi connectivity index (χ2v) is 4.80. The molecule has 0 unspecified atom stereocenters. The van der Waals surface area contributed by atoms with E-state index in [2.05, 4.69) is 4.72 Å². The summed E-state index contributed by atoms with van der Waals surface area (Å²) in [6, 6.07) is 6.34. The number of carbonyl (C=O) groups is 1. The zero-order valence-corrected chi connectivity index (χ0v) is 9.04. The van der Waals surface area contributed by atoms with Crippen molar-refractivity contribution in [3.8, 4) is 0 Å². The molecule has 0 aromatic heterocycles. The highest BCUT2D eigenvalue weighted by Gasteiger charge is 2.11. The van der Waals surface area contributed by atoms with Gasteiger partial charge < -0.3 is 5.73 Å². The average molecular weight is 228 g/mol. The van der Waals surface area contributed by atoms with Crippen molar-refractivity contribution in [3.63, 3.8) is 0 Å². The second-order valence-electron chi connectivity index (χ2n) is 3.05. The number of hydrogen-bond acceptors (Lipinski definition) is 4. The number of anilines is 1. The maximum Gasteiger partial charge on any atom is 0.229 e. The molecule has 0 fully saturated rings. The van der Waals surface area contributed by atoms with E-state index in [1.807, 2.05) is 0 Å². The molecule has 0 radical (unpaired) electrons. The molecule has 1 aromatic carbocycles. The van der Waals surface area contributed by atoms with Gasteiger partial charge in [0.2, 0.25) is 10.0 Å². The van der Waals surface area contributed by atoms with Crippen molar-refractivity contribution in [2.45, 2.75) is 0 Å². The van der Waals surface area contributed by atoms with Gasteiger partial charge in [0.25, 0.3) is 0 Å². The first-order chi connectivity index (χ1) is 6.94. The molecule has 0 bridgehead atoms. The van der Waals surface area contributed by atoms with Crippen LogP contribution in [-0.4, -0.2) is 27.0 Å². The minimum Gasteiger partial charge on any atom is -0.324 e. The first kappa shape index (κ1) is 11.7. The van der Waals surface area contributed by atoms with Crippen molar-refractivity contribution in [2.75, 3.05) is 17.5 Å². The topological polar surface area (TPSA) is 89.3 Å². The number of benzene rings is 1. The predicted octanol–water partition coefficient (Wildman–Crippen LogP) is 0.199. The molecule has 1 rings (SSSR count). The van der Waals surface area contributed by atoms with E-state index < -0.39 is 10.0 Å². The van der Waals surface area contributed by atoms with Crippen LogP contribution in [0.15, 0.2) is 24.3 Å². The van der Waals surface area contributed by atoms with Gasteiger partial charge in [-0.2, -0.15) is 0 Å². The van der Waals surface area contributed by atoms with Crippen LogP contribution in [-0.2, 0) is 10.0 Å². The molecule has 0 heterocycles. The van der Waals surface area contributed by atoms with E-state index in [0.717, 1.165) is 6.26 Å². The van der Waals surface area contributed by atoms with E-state index >= 15 is 0 Å². The van der Waals surface area contributed by atoms with Crippen molar-refractivity contribution in [3.05, 3.63) is 29.8 Å². The molecule has 82 valence electrons. The van der Waals surface area contributed by atoms with E-state index in [0.29, 0.717) is 0 Å². The molecule has 0 saturated heterocycles. The summed E-state index contributed by atoms with van der Waals surface area (Å²) < 4.78 is 24.3. The molecule has 15 heavy (non-hydrogen) atoms. The fourth-order valence-corrected chi connectivity index (χ4v) is 1.70. The van der Waals surface area contributed by atoms with E-state index in [4.69, 9.17) is 5.73 Å². The molecule has 0 atom stereocenters. The first-order valence-corrected chi connectivity index (χ1v) is 6.13. The molecule has 0 aliphatic heterocycles. The van der Waals surface area contributed by atoms with Crippen LogP contribution in [0.5, 0.6) is 0 Å². The second kappa shape index (κ2) is 4.41. The van der Waals surface area contributed by atoms with Crippen molar-refractivity contribution >= 4 is 21.5 Å². The van der Waals surface area contributed by atoms with Crippen molar-refractivity contribution in [1.29, 1.82) is 0 Å². The predicted molar refractivity (Wildman–Crippen MR) is 58.3 cm³/mol. The molecule has 6 heteroatoms. The normalized spacial score (nSPS) is 11.1. The van der Waals surface area contributed by atoms with Gasteiger partial charge in [-0.25, -0.2) is 8.42 Å². The summed E-state index contributed by atoms with van der Waals surface area (Å²) in [6.45, 7) is -0.150. The minimum atomic E-state index is -3.38. The fraction of sp³-hybridized carbons (Fsp3) is 0.222. The van der Waals surface area contributed by atoms with Gasteiger partial charge in [0.15, 0.2) is 5.78 Å². The molecule has 0 spiro atoms. The summed E-state index contributed by atoms with van der Waals surface area (Å²) in [5.41, 5.74) is 5.75. The Morgan fingerprint density at radius 1 is 1.40 bits per heavy atom. The smallest absolute Gasteiger partial charge is 0.229 e. The highest BCUT2D eigenvalue weighted by molar-refractivity contribution is 7.92. The third kappa shape index (κ3) is 3.34. The largest absolute Gasteiger partial charge is 0.324 e. The SMILES string of the molecule is CS(=O)(=O)Nc1ccccc1C(=O)CN. The van der Waals surface area contributed by atoms with Crippen LogP contribution >= 0.6 is 0 Å². The number of carbonyl (C=O) groups excluding carboxylic acids is 1. The maximum atomic E-state index is 11.4. The molecular formula is C9H12N2O3S. The Kier molecular flexibility index (Phi) is 3.43. The van der Waals surface area contributed by atoms with Crippen LogP contribution in [0.4, 0.5) is 5.69 Å². The van der Waals surface area contributed by atoms with Gasteiger partial charge in [-0.1, -0.05) is 12.1 Å². The first-order valence-electron chi connectivity index (χ1n) is 4.24. The van der Waals surface area contributed by atoms with Crippen molar-refractivity contribution in [1.82, 2.24) is 0 Å².